The summed E-state index contributed by atoms with van der Waals surface area (Å²) >= 11 is 4.41. The lowest BCUT2D eigenvalue weighted by Crippen LogP contribution is -1.83. The van der Waals surface area contributed by atoms with Gasteiger partial charge in [-0.2, -0.15) is 0 Å². The van der Waals surface area contributed by atoms with Gasteiger partial charge in [0.1, 0.15) is 0 Å². The Labute approximate surface area is 93.2 Å². The maximum atomic E-state index is 4.60. The fourth-order valence-electron chi connectivity index (χ4n) is 1.79. The summed E-state index contributed by atoms with van der Waals surface area (Å²) in [6.07, 6.45) is 0. The predicted molar refractivity (Wildman–Crippen MR) is 66.5 cm³/mol. The second kappa shape index (κ2) is 3.24. The molecule has 2 aromatic carbocycles. The highest BCUT2D eigenvalue weighted by molar-refractivity contribution is 7.80. The minimum absolute atomic E-state index is 0.929. The van der Waals surface area contributed by atoms with Gasteiger partial charge in [0.05, 0.1) is 11.0 Å². The van der Waals surface area contributed by atoms with Crippen LogP contribution < -0.4 is 0 Å². The quantitative estimate of drug-likeness (QED) is 0.442. The molecule has 0 N–H and O–H groups in total. The highest BCUT2D eigenvalue weighted by Gasteiger charge is 2.00. The molecule has 0 fully saturated rings. The smallest absolute Gasteiger partial charge is 0.0842 e. The minimum Gasteiger partial charge on any atom is -0.247 e. The first kappa shape index (κ1) is 8.74. The molecule has 0 radical (unpaired) electrons. The Morgan fingerprint density at radius 3 is 2.60 bits per heavy atom. The van der Waals surface area contributed by atoms with Crippen LogP contribution in [0.5, 0.6) is 0 Å². The number of hydrogen-bond acceptors (Lipinski definition) is 2. The predicted octanol–water partition coefficient (Wildman–Crippen LogP) is 3.68. The average molecular weight is 211 g/mol. The number of para-hydroxylation sites is 2. The van der Waals surface area contributed by atoms with Crippen LogP contribution in [-0.2, 0) is 0 Å². The maximum Gasteiger partial charge on any atom is 0.0842 e. The van der Waals surface area contributed by atoms with E-state index < -0.39 is 0 Å². The van der Waals surface area contributed by atoms with Crippen molar-refractivity contribution in [1.29, 1.82) is 0 Å². The normalized spacial score (nSPS) is 11.0. The second-order valence-electron chi connectivity index (χ2n) is 3.53. The maximum absolute atomic E-state index is 4.60. The molecule has 0 atom stereocenters. The Hall–Kier alpha value is -1.54. The molecule has 3 rings (SSSR count). The number of thiol groups is 1. The van der Waals surface area contributed by atoms with E-state index in [9.17, 15) is 0 Å². The molecule has 0 aliphatic carbocycles. The Morgan fingerprint density at radius 1 is 0.867 bits per heavy atom. The molecule has 1 heterocycles. The summed E-state index contributed by atoms with van der Waals surface area (Å²) in [5, 5.41) is 2.31. The largest absolute Gasteiger partial charge is 0.247 e. The summed E-state index contributed by atoms with van der Waals surface area (Å²) in [5.74, 6) is 0. The molecule has 3 aromatic rings. The fraction of sp³-hybridized carbons (Fsp3) is 0. The first-order valence-electron chi connectivity index (χ1n) is 4.82. The molecule has 0 saturated heterocycles. The van der Waals surface area contributed by atoms with Gasteiger partial charge in [-0.05, 0) is 18.2 Å². The van der Waals surface area contributed by atoms with Crippen LogP contribution in [0.1, 0.15) is 0 Å². The minimum atomic E-state index is 0.929. The fourth-order valence-corrected chi connectivity index (χ4v) is 2.05. The van der Waals surface area contributed by atoms with Crippen molar-refractivity contribution in [3.8, 4) is 0 Å². The average Bonchev–Trinajstić information content (AvgIpc) is 2.27. The second-order valence-corrected chi connectivity index (χ2v) is 4.01. The van der Waals surface area contributed by atoms with Gasteiger partial charge in [-0.25, -0.2) is 4.98 Å². The van der Waals surface area contributed by atoms with E-state index in [0.29, 0.717) is 0 Å². The summed E-state index contributed by atoms with van der Waals surface area (Å²) < 4.78 is 0. The summed E-state index contributed by atoms with van der Waals surface area (Å²) in [7, 11) is 0. The zero-order chi connectivity index (χ0) is 10.3. The molecule has 0 unspecified atom stereocenters. The highest BCUT2D eigenvalue weighted by Crippen LogP contribution is 2.23. The van der Waals surface area contributed by atoms with Gasteiger partial charge in [-0.15, -0.1) is 12.6 Å². The molecule has 1 aromatic heterocycles. The number of fused-ring (bicyclic) bond motifs is 2. The van der Waals surface area contributed by atoms with Crippen LogP contribution in [0.2, 0.25) is 0 Å². The standard InChI is InChI=1S/C13H9NS/c15-12-7-3-5-10-8-9-4-1-2-6-11(9)14-13(10)12/h1-8,15H. The Balaban J connectivity index is 2.53. The topological polar surface area (TPSA) is 12.9 Å². The molecular formula is C13H9NS. The van der Waals surface area contributed by atoms with E-state index in [1.807, 2.05) is 30.3 Å². The third-order valence-electron chi connectivity index (χ3n) is 2.53. The van der Waals surface area contributed by atoms with Crippen molar-refractivity contribution in [3.63, 3.8) is 0 Å². The van der Waals surface area contributed by atoms with Crippen LogP contribution in [0.25, 0.3) is 21.8 Å². The van der Waals surface area contributed by atoms with E-state index in [2.05, 4.69) is 35.8 Å². The summed E-state index contributed by atoms with van der Waals surface area (Å²) in [6.45, 7) is 0. The van der Waals surface area contributed by atoms with E-state index >= 15 is 0 Å². The monoisotopic (exact) mass is 211 g/mol. The molecule has 0 aliphatic heterocycles. The van der Waals surface area contributed by atoms with Crippen LogP contribution in [0.15, 0.2) is 53.4 Å². The van der Waals surface area contributed by atoms with Gasteiger partial charge in [0.15, 0.2) is 0 Å². The number of nitrogens with zero attached hydrogens (tertiary/aromatic N) is 1. The Kier molecular flexibility index (Phi) is 1.89. The van der Waals surface area contributed by atoms with Crippen LogP contribution in [-0.4, -0.2) is 4.98 Å². The molecule has 0 saturated carbocycles. The number of aromatic nitrogens is 1. The lowest BCUT2D eigenvalue weighted by atomic mass is 10.1. The van der Waals surface area contributed by atoms with Crippen LogP contribution in [0.4, 0.5) is 0 Å². The van der Waals surface area contributed by atoms with Gasteiger partial charge in [0.2, 0.25) is 0 Å². The van der Waals surface area contributed by atoms with Gasteiger partial charge < -0.3 is 0 Å². The summed E-state index contributed by atoms with van der Waals surface area (Å²) in [4.78, 5) is 5.53. The Morgan fingerprint density at radius 2 is 1.67 bits per heavy atom. The molecule has 0 spiro atoms. The zero-order valence-corrected chi connectivity index (χ0v) is 8.91. The number of benzene rings is 2. The SMILES string of the molecule is Sc1cccc2cc3ccccc3nc12. The lowest BCUT2D eigenvalue weighted by molar-refractivity contribution is 1.42. The van der Waals surface area contributed by atoms with E-state index in [1.54, 1.807) is 0 Å². The Bertz CT molecular complexity index is 646. The summed E-state index contributed by atoms with van der Waals surface area (Å²) in [6, 6.07) is 16.3. The molecule has 72 valence electrons. The van der Waals surface area contributed by atoms with E-state index in [1.165, 1.54) is 5.39 Å². The molecule has 0 amide bonds. The van der Waals surface area contributed by atoms with Crippen LogP contribution >= 0.6 is 12.6 Å². The van der Waals surface area contributed by atoms with Crippen molar-refractivity contribution in [1.82, 2.24) is 4.98 Å². The van der Waals surface area contributed by atoms with Gasteiger partial charge in [0, 0.05) is 15.7 Å². The number of pyridine rings is 1. The molecular weight excluding hydrogens is 202 g/mol. The van der Waals surface area contributed by atoms with Gasteiger partial charge in [-0.3, -0.25) is 0 Å². The zero-order valence-electron chi connectivity index (χ0n) is 8.01. The van der Waals surface area contributed by atoms with Crippen molar-refractivity contribution in [2.45, 2.75) is 4.90 Å². The first-order chi connectivity index (χ1) is 7.34. The molecule has 0 bridgehead atoms. The van der Waals surface area contributed by atoms with Crippen molar-refractivity contribution in [2.24, 2.45) is 0 Å². The van der Waals surface area contributed by atoms with Crippen LogP contribution in [0.3, 0.4) is 0 Å². The third kappa shape index (κ3) is 1.38. The van der Waals surface area contributed by atoms with Gasteiger partial charge >= 0.3 is 0 Å². The number of hydrogen-bond donors (Lipinski definition) is 1. The van der Waals surface area contributed by atoms with E-state index in [0.717, 1.165) is 21.3 Å². The number of rotatable bonds is 0. The van der Waals surface area contributed by atoms with E-state index in [4.69, 9.17) is 0 Å². The lowest BCUT2D eigenvalue weighted by Gasteiger charge is -2.02. The van der Waals surface area contributed by atoms with E-state index in [-0.39, 0.29) is 0 Å². The third-order valence-corrected chi connectivity index (χ3v) is 2.89. The molecule has 1 nitrogen and oxygen atoms in total. The van der Waals surface area contributed by atoms with Crippen molar-refractivity contribution >= 4 is 34.4 Å². The van der Waals surface area contributed by atoms with Gasteiger partial charge in [0.25, 0.3) is 0 Å². The van der Waals surface area contributed by atoms with Crippen molar-refractivity contribution in [2.75, 3.05) is 0 Å². The molecule has 2 heteroatoms. The summed E-state index contributed by atoms with van der Waals surface area (Å²) in [5.41, 5.74) is 1.99. The molecule has 0 aliphatic rings. The molecule has 15 heavy (non-hydrogen) atoms. The van der Waals surface area contributed by atoms with Crippen molar-refractivity contribution in [3.05, 3.63) is 48.5 Å². The van der Waals surface area contributed by atoms with Crippen molar-refractivity contribution < 1.29 is 0 Å². The van der Waals surface area contributed by atoms with Crippen LogP contribution in [0, 0.1) is 0 Å². The first-order valence-corrected chi connectivity index (χ1v) is 5.27. The van der Waals surface area contributed by atoms with Gasteiger partial charge in [-0.1, -0.05) is 30.3 Å². The highest BCUT2D eigenvalue weighted by atomic mass is 32.1.